The summed E-state index contributed by atoms with van der Waals surface area (Å²) in [5, 5.41) is 0. The van der Waals surface area contributed by atoms with Crippen molar-refractivity contribution in [1.82, 2.24) is 0 Å². The first-order valence-corrected chi connectivity index (χ1v) is 7.21. The minimum Gasteiger partial charge on any atom is -0.465 e. The van der Waals surface area contributed by atoms with Gasteiger partial charge in [-0.25, -0.2) is 18.4 Å². The van der Waals surface area contributed by atoms with E-state index in [1.165, 1.54) is 38.5 Å². The summed E-state index contributed by atoms with van der Waals surface area (Å²) in [4.78, 5) is 24.2. The maximum atomic E-state index is 13.4. The predicted molar refractivity (Wildman–Crippen MR) is 79.6 cm³/mol. The van der Waals surface area contributed by atoms with E-state index in [-0.39, 0.29) is 11.1 Å². The quantitative estimate of drug-likeness (QED) is 0.796. The number of esters is 2. The smallest absolute Gasteiger partial charge is 0.339 e. The molecule has 0 N–H and O–H groups in total. The summed E-state index contributed by atoms with van der Waals surface area (Å²) in [7, 11) is 2.36. The SMILES string of the molecule is COC(=O)c1cc(F)ccc1Sc1ccc(F)cc1C(=O)OC. The van der Waals surface area contributed by atoms with E-state index in [0.717, 1.165) is 23.9 Å². The van der Waals surface area contributed by atoms with Crippen LogP contribution in [0, 0.1) is 11.6 Å². The lowest BCUT2D eigenvalue weighted by atomic mass is 10.2. The molecule has 2 rings (SSSR count). The highest BCUT2D eigenvalue weighted by molar-refractivity contribution is 7.99. The highest BCUT2D eigenvalue weighted by Gasteiger charge is 2.18. The summed E-state index contributed by atoms with van der Waals surface area (Å²) in [6.45, 7) is 0. The Hall–Kier alpha value is -2.41. The molecule has 4 nitrogen and oxygen atoms in total. The van der Waals surface area contributed by atoms with Gasteiger partial charge >= 0.3 is 11.9 Å². The van der Waals surface area contributed by atoms with Gasteiger partial charge < -0.3 is 9.47 Å². The van der Waals surface area contributed by atoms with Crippen molar-refractivity contribution in [3.05, 3.63) is 59.2 Å². The summed E-state index contributed by atoms with van der Waals surface area (Å²) < 4.78 is 35.9. The number of benzene rings is 2. The van der Waals surface area contributed by atoms with Crippen LogP contribution in [0.3, 0.4) is 0 Å². The van der Waals surface area contributed by atoms with Crippen LogP contribution in [0.2, 0.25) is 0 Å². The van der Waals surface area contributed by atoms with Crippen LogP contribution in [-0.2, 0) is 9.47 Å². The van der Waals surface area contributed by atoms with E-state index in [2.05, 4.69) is 9.47 Å². The molecule has 0 aromatic heterocycles. The van der Waals surface area contributed by atoms with Crippen LogP contribution in [0.1, 0.15) is 20.7 Å². The Labute approximate surface area is 135 Å². The molecule has 0 amide bonds. The average molecular weight is 338 g/mol. The van der Waals surface area contributed by atoms with Crippen molar-refractivity contribution < 1.29 is 27.8 Å². The fourth-order valence-electron chi connectivity index (χ4n) is 1.84. The highest BCUT2D eigenvalue weighted by atomic mass is 32.2. The topological polar surface area (TPSA) is 52.6 Å². The summed E-state index contributed by atoms with van der Waals surface area (Å²) in [6.07, 6.45) is 0. The van der Waals surface area contributed by atoms with Gasteiger partial charge in [0.2, 0.25) is 0 Å². The second kappa shape index (κ2) is 7.23. The largest absolute Gasteiger partial charge is 0.465 e. The van der Waals surface area contributed by atoms with Crippen molar-refractivity contribution in [2.24, 2.45) is 0 Å². The molecule has 7 heteroatoms. The van der Waals surface area contributed by atoms with Crippen molar-refractivity contribution in [3.63, 3.8) is 0 Å². The number of hydrogen-bond acceptors (Lipinski definition) is 5. The van der Waals surface area contributed by atoms with Gasteiger partial charge in [-0.1, -0.05) is 11.8 Å². The lowest BCUT2D eigenvalue weighted by Crippen LogP contribution is -2.06. The summed E-state index contributed by atoms with van der Waals surface area (Å²) >= 11 is 1.01. The van der Waals surface area contributed by atoms with E-state index in [4.69, 9.17) is 0 Å². The Bertz CT molecular complexity index is 698. The van der Waals surface area contributed by atoms with Crippen molar-refractivity contribution in [1.29, 1.82) is 0 Å². The molecular formula is C16H12F2O4S. The third-order valence-corrected chi connectivity index (χ3v) is 4.07. The molecule has 0 aliphatic carbocycles. The molecule has 120 valence electrons. The molecule has 23 heavy (non-hydrogen) atoms. The van der Waals surface area contributed by atoms with Gasteiger partial charge in [-0.3, -0.25) is 0 Å². The van der Waals surface area contributed by atoms with Crippen LogP contribution in [0.15, 0.2) is 46.2 Å². The summed E-state index contributed by atoms with van der Waals surface area (Å²) in [5.74, 6) is -2.62. The van der Waals surface area contributed by atoms with Gasteiger partial charge in [0, 0.05) is 9.79 Å². The molecule has 0 aliphatic rings. The third-order valence-electron chi connectivity index (χ3n) is 2.91. The van der Waals surface area contributed by atoms with Crippen molar-refractivity contribution in [2.75, 3.05) is 14.2 Å². The molecule has 0 heterocycles. The van der Waals surface area contributed by atoms with Crippen LogP contribution in [0.5, 0.6) is 0 Å². The first kappa shape index (κ1) is 17.0. The Morgan fingerprint density at radius 2 is 1.22 bits per heavy atom. The van der Waals surface area contributed by atoms with E-state index in [0.29, 0.717) is 9.79 Å². The van der Waals surface area contributed by atoms with E-state index in [9.17, 15) is 18.4 Å². The van der Waals surface area contributed by atoms with Crippen LogP contribution >= 0.6 is 11.8 Å². The molecule has 0 radical (unpaired) electrons. The predicted octanol–water partition coefficient (Wildman–Crippen LogP) is 3.69. The van der Waals surface area contributed by atoms with Gasteiger partial charge in [-0.2, -0.15) is 0 Å². The second-order valence-electron chi connectivity index (χ2n) is 4.37. The molecule has 0 saturated heterocycles. The zero-order valence-corrected chi connectivity index (χ0v) is 13.1. The molecule has 2 aromatic carbocycles. The molecule has 0 fully saturated rings. The molecule has 0 aliphatic heterocycles. The monoisotopic (exact) mass is 338 g/mol. The summed E-state index contributed by atoms with van der Waals surface area (Å²) in [5.41, 5.74) is 0.0234. The Kier molecular flexibility index (Phi) is 5.33. The van der Waals surface area contributed by atoms with Gasteiger partial charge in [0.15, 0.2) is 0 Å². The van der Waals surface area contributed by atoms with Gasteiger partial charge in [0.05, 0.1) is 25.3 Å². The van der Waals surface area contributed by atoms with E-state index >= 15 is 0 Å². The minimum absolute atomic E-state index is 0.0117. The van der Waals surface area contributed by atoms with E-state index in [1.807, 2.05) is 0 Å². The number of ether oxygens (including phenoxy) is 2. The highest BCUT2D eigenvalue weighted by Crippen LogP contribution is 2.34. The number of hydrogen-bond donors (Lipinski definition) is 0. The molecule has 0 atom stereocenters. The first-order valence-electron chi connectivity index (χ1n) is 6.40. The van der Waals surface area contributed by atoms with Crippen molar-refractivity contribution in [3.8, 4) is 0 Å². The molecule has 0 saturated carbocycles. The summed E-state index contributed by atoms with van der Waals surface area (Å²) in [6, 6.07) is 7.20. The molecule has 0 spiro atoms. The molecule has 0 bridgehead atoms. The lowest BCUT2D eigenvalue weighted by molar-refractivity contribution is 0.0588. The minimum atomic E-state index is -0.714. The average Bonchev–Trinajstić information content (AvgIpc) is 2.56. The van der Waals surface area contributed by atoms with Gasteiger partial charge in [-0.15, -0.1) is 0 Å². The lowest BCUT2D eigenvalue weighted by Gasteiger charge is -2.10. The Morgan fingerprint density at radius 3 is 1.57 bits per heavy atom. The van der Waals surface area contributed by atoms with Gasteiger partial charge in [0.25, 0.3) is 0 Å². The third kappa shape index (κ3) is 3.87. The Balaban J connectivity index is 2.48. The zero-order valence-electron chi connectivity index (χ0n) is 12.3. The fourth-order valence-corrected chi connectivity index (χ4v) is 2.85. The number of methoxy groups -OCH3 is 2. The van der Waals surface area contributed by atoms with Gasteiger partial charge in [-0.05, 0) is 36.4 Å². The zero-order chi connectivity index (χ0) is 17.0. The van der Waals surface area contributed by atoms with Crippen molar-refractivity contribution in [2.45, 2.75) is 9.79 Å². The number of carbonyl (C=O) groups is 2. The van der Waals surface area contributed by atoms with Crippen LogP contribution < -0.4 is 0 Å². The molecule has 0 unspecified atom stereocenters. The normalized spacial score (nSPS) is 10.3. The fraction of sp³-hybridized carbons (Fsp3) is 0.125. The van der Waals surface area contributed by atoms with Crippen molar-refractivity contribution >= 4 is 23.7 Å². The van der Waals surface area contributed by atoms with Crippen LogP contribution in [-0.4, -0.2) is 26.2 Å². The number of halogens is 2. The standard InChI is InChI=1S/C16H12F2O4S/c1-21-15(19)11-7-9(17)3-5-13(11)23-14-6-4-10(18)8-12(14)16(20)22-2/h3-8H,1-2H3. The maximum absolute atomic E-state index is 13.4. The number of rotatable bonds is 4. The maximum Gasteiger partial charge on any atom is 0.339 e. The second-order valence-corrected chi connectivity index (χ2v) is 5.45. The molecule has 2 aromatic rings. The van der Waals surface area contributed by atoms with Crippen LogP contribution in [0.4, 0.5) is 8.78 Å². The molecular weight excluding hydrogens is 326 g/mol. The first-order chi connectivity index (χ1) is 11.0. The van der Waals surface area contributed by atoms with E-state index < -0.39 is 23.6 Å². The number of carbonyl (C=O) groups excluding carboxylic acids is 2. The van der Waals surface area contributed by atoms with E-state index in [1.54, 1.807) is 0 Å². The van der Waals surface area contributed by atoms with Gasteiger partial charge in [0.1, 0.15) is 11.6 Å². The Morgan fingerprint density at radius 1 is 0.826 bits per heavy atom. The van der Waals surface area contributed by atoms with Crippen LogP contribution in [0.25, 0.3) is 0 Å².